The first-order valence-corrected chi connectivity index (χ1v) is 5.30. The van der Waals surface area contributed by atoms with Gasteiger partial charge in [0.25, 0.3) is 0 Å². The molecule has 1 rings (SSSR count). The standard InChI is InChI=1S/C12H16ClNO/c1-9(13)8-14-10(2)7-11-3-5-12(15)6-4-11/h3-6,10,14-15H,1,7-8H2,2H3. The fourth-order valence-corrected chi connectivity index (χ4v) is 1.42. The van der Waals surface area contributed by atoms with Gasteiger partial charge in [0.05, 0.1) is 0 Å². The van der Waals surface area contributed by atoms with Gasteiger partial charge in [-0.1, -0.05) is 30.3 Å². The second-order valence-corrected chi connectivity index (χ2v) is 4.20. The Hall–Kier alpha value is -0.990. The SMILES string of the molecule is C=C(Cl)CNC(C)Cc1ccc(O)cc1. The molecule has 0 heterocycles. The van der Waals surface area contributed by atoms with Crippen LogP contribution in [0.4, 0.5) is 0 Å². The fraction of sp³-hybridized carbons (Fsp3) is 0.333. The lowest BCUT2D eigenvalue weighted by molar-refractivity contribution is 0.474. The van der Waals surface area contributed by atoms with Gasteiger partial charge in [0, 0.05) is 17.6 Å². The average Bonchev–Trinajstić information content (AvgIpc) is 2.19. The molecule has 0 radical (unpaired) electrons. The minimum atomic E-state index is 0.300. The minimum absolute atomic E-state index is 0.300. The Bertz CT molecular complexity index is 321. The monoisotopic (exact) mass is 225 g/mol. The van der Waals surface area contributed by atoms with E-state index in [-0.39, 0.29) is 0 Å². The number of halogens is 1. The third-order valence-electron chi connectivity index (χ3n) is 2.12. The van der Waals surface area contributed by atoms with Crippen LogP contribution in [0.2, 0.25) is 0 Å². The maximum Gasteiger partial charge on any atom is 0.115 e. The van der Waals surface area contributed by atoms with Crippen molar-refractivity contribution in [1.82, 2.24) is 5.32 Å². The van der Waals surface area contributed by atoms with E-state index in [4.69, 9.17) is 16.7 Å². The van der Waals surface area contributed by atoms with Crippen LogP contribution in [0.5, 0.6) is 5.75 Å². The van der Waals surface area contributed by atoms with E-state index in [0.29, 0.717) is 23.4 Å². The van der Waals surface area contributed by atoms with Gasteiger partial charge in [0.15, 0.2) is 0 Å². The maximum absolute atomic E-state index is 9.12. The molecule has 0 amide bonds. The normalized spacial score (nSPS) is 12.4. The fourth-order valence-electron chi connectivity index (χ4n) is 1.34. The predicted octanol–water partition coefficient (Wildman–Crippen LogP) is 2.67. The second kappa shape index (κ2) is 5.79. The van der Waals surface area contributed by atoms with Crippen molar-refractivity contribution >= 4 is 11.6 Å². The van der Waals surface area contributed by atoms with Crippen LogP contribution >= 0.6 is 11.6 Å². The predicted molar refractivity (Wildman–Crippen MR) is 64.3 cm³/mol. The molecule has 2 nitrogen and oxygen atoms in total. The molecule has 1 aromatic carbocycles. The first-order valence-electron chi connectivity index (χ1n) is 4.92. The molecule has 2 N–H and O–H groups in total. The third kappa shape index (κ3) is 4.86. The molecule has 0 aliphatic heterocycles. The zero-order chi connectivity index (χ0) is 11.3. The van der Waals surface area contributed by atoms with Crippen LogP contribution in [0, 0.1) is 0 Å². The van der Waals surface area contributed by atoms with Crippen molar-refractivity contribution in [2.45, 2.75) is 19.4 Å². The molecule has 0 spiro atoms. The van der Waals surface area contributed by atoms with Crippen molar-refractivity contribution < 1.29 is 5.11 Å². The summed E-state index contributed by atoms with van der Waals surface area (Å²) in [5, 5.41) is 13.0. The molecule has 0 fully saturated rings. The van der Waals surface area contributed by atoms with Crippen LogP contribution in [0.15, 0.2) is 35.9 Å². The smallest absolute Gasteiger partial charge is 0.115 e. The molecular formula is C12H16ClNO. The highest BCUT2D eigenvalue weighted by Gasteiger charge is 2.02. The van der Waals surface area contributed by atoms with E-state index in [9.17, 15) is 0 Å². The Morgan fingerprint density at radius 1 is 1.47 bits per heavy atom. The Kier molecular flexibility index (Phi) is 4.66. The Labute approximate surface area is 95.6 Å². The van der Waals surface area contributed by atoms with Crippen LogP contribution in [-0.4, -0.2) is 17.7 Å². The maximum atomic E-state index is 9.12. The Balaban J connectivity index is 2.40. The average molecular weight is 226 g/mol. The summed E-state index contributed by atoms with van der Waals surface area (Å²) in [6.07, 6.45) is 0.907. The summed E-state index contributed by atoms with van der Waals surface area (Å²) in [5.41, 5.74) is 1.19. The molecule has 82 valence electrons. The molecule has 0 aliphatic rings. The van der Waals surface area contributed by atoms with Crippen LogP contribution in [0.1, 0.15) is 12.5 Å². The van der Waals surface area contributed by atoms with Crippen molar-refractivity contribution in [1.29, 1.82) is 0 Å². The molecular weight excluding hydrogens is 210 g/mol. The largest absolute Gasteiger partial charge is 0.508 e. The number of benzene rings is 1. The van der Waals surface area contributed by atoms with E-state index in [0.717, 1.165) is 6.42 Å². The quantitative estimate of drug-likeness (QED) is 0.808. The highest BCUT2D eigenvalue weighted by Crippen LogP contribution is 2.11. The summed E-state index contributed by atoms with van der Waals surface area (Å²) >= 11 is 5.66. The lowest BCUT2D eigenvalue weighted by Crippen LogP contribution is -2.28. The van der Waals surface area contributed by atoms with Crippen LogP contribution < -0.4 is 5.32 Å². The summed E-state index contributed by atoms with van der Waals surface area (Å²) < 4.78 is 0. The molecule has 1 unspecified atom stereocenters. The third-order valence-corrected chi connectivity index (χ3v) is 2.25. The topological polar surface area (TPSA) is 32.3 Å². The number of nitrogens with one attached hydrogen (secondary N) is 1. The van der Waals surface area contributed by atoms with E-state index in [1.54, 1.807) is 12.1 Å². The van der Waals surface area contributed by atoms with Crippen molar-refractivity contribution in [3.05, 3.63) is 41.4 Å². The van der Waals surface area contributed by atoms with Gasteiger partial charge in [-0.15, -0.1) is 0 Å². The summed E-state index contributed by atoms with van der Waals surface area (Å²) in [7, 11) is 0. The molecule has 0 bridgehead atoms. The Morgan fingerprint density at radius 2 is 2.07 bits per heavy atom. The molecule has 3 heteroatoms. The number of hydrogen-bond acceptors (Lipinski definition) is 2. The number of hydrogen-bond donors (Lipinski definition) is 2. The van der Waals surface area contributed by atoms with Crippen LogP contribution in [0.25, 0.3) is 0 Å². The van der Waals surface area contributed by atoms with Gasteiger partial charge in [-0.3, -0.25) is 0 Å². The molecule has 15 heavy (non-hydrogen) atoms. The number of phenolic OH excluding ortho intramolecular Hbond substituents is 1. The van der Waals surface area contributed by atoms with E-state index >= 15 is 0 Å². The second-order valence-electron chi connectivity index (χ2n) is 3.67. The van der Waals surface area contributed by atoms with E-state index in [2.05, 4.69) is 18.8 Å². The Morgan fingerprint density at radius 3 is 2.60 bits per heavy atom. The number of rotatable bonds is 5. The summed E-state index contributed by atoms with van der Waals surface area (Å²) in [4.78, 5) is 0. The summed E-state index contributed by atoms with van der Waals surface area (Å²) in [6.45, 7) is 6.33. The van der Waals surface area contributed by atoms with Crippen molar-refractivity contribution in [2.75, 3.05) is 6.54 Å². The van der Waals surface area contributed by atoms with Gasteiger partial charge in [-0.25, -0.2) is 0 Å². The van der Waals surface area contributed by atoms with Crippen LogP contribution in [0.3, 0.4) is 0 Å². The first-order chi connectivity index (χ1) is 7.08. The van der Waals surface area contributed by atoms with Crippen LogP contribution in [-0.2, 0) is 6.42 Å². The molecule has 1 atom stereocenters. The number of phenols is 1. The zero-order valence-electron chi connectivity index (χ0n) is 8.83. The minimum Gasteiger partial charge on any atom is -0.508 e. The lowest BCUT2D eigenvalue weighted by atomic mass is 10.1. The van der Waals surface area contributed by atoms with E-state index < -0.39 is 0 Å². The zero-order valence-corrected chi connectivity index (χ0v) is 9.59. The summed E-state index contributed by atoms with van der Waals surface area (Å²) in [6, 6.07) is 7.57. The van der Waals surface area contributed by atoms with Crippen molar-refractivity contribution in [3.63, 3.8) is 0 Å². The number of aromatic hydroxyl groups is 1. The van der Waals surface area contributed by atoms with Gasteiger partial charge in [-0.05, 0) is 31.0 Å². The van der Waals surface area contributed by atoms with Gasteiger partial charge < -0.3 is 10.4 Å². The van der Waals surface area contributed by atoms with Gasteiger partial charge in [0.1, 0.15) is 5.75 Å². The first kappa shape index (κ1) is 12.1. The molecule has 0 saturated carbocycles. The highest BCUT2D eigenvalue weighted by molar-refractivity contribution is 6.29. The highest BCUT2D eigenvalue weighted by atomic mass is 35.5. The van der Waals surface area contributed by atoms with Gasteiger partial charge in [-0.2, -0.15) is 0 Å². The van der Waals surface area contributed by atoms with Crippen molar-refractivity contribution in [3.8, 4) is 5.75 Å². The molecule has 0 aliphatic carbocycles. The lowest BCUT2D eigenvalue weighted by Gasteiger charge is -2.13. The molecule has 1 aromatic rings. The van der Waals surface area contributed by atoms with Gasteiger partial charge in [0.2, 0.25) is 0 Å². The van der Waals surface area contributed by atoms with Gasteiger partial charge >= 0.3 is 0 Å². The van der Waals surface area contributed by atoms with E-state index in [1.165, 1.54) is 5.56 Å². The molecule has 0 aromatic heterocycles. The van der Waals surface area contributed by atoms with Crippen molar-refractivity contribution in [2.24, 2.45) is 0 Å². The molecule has 0 saturated heterocycles. The van der Waals surface area contributed by atoms with E-state index in [1.807, 2.05) is 12.1 Å². The summed E-state index contributed by atoms with van der Waals surface area (Å²) in [5.74, 6) is 0.300.